The van der Waals surface area contributed by atoms with E-state index in [1.54, 1.807) is 17.0 Å². The van der Waals surface area contributed by atoms with Crippen molar-refractivity contribution in [3.8, 4) is 0 Å². The normalized spacial score (nSPS) is 17.6. The molecule has 0 spiro atoms. The van der Waals surface area contributed by atoms with Crippen molar-refractivity contribution in [3.63, 3.8) is 0 Å². The van der Waals surface area contributed by atoms with Crippen molar-refractivity contribution in [2.24, 2.45) is 28.3 Å². The molecule has 0 aromatic heterocycles. The number of methoxy groups -OCH3 is 1. The van der Waals surface area contributed by atoms with Crippen LogP contribution in [0, 0.1) is 11.8 Å². The van der Waals surface area contributed by atoms with Gasteiger partial charge in [0.1, 0.15) is 10.9 Å². The number of hydrogen-bond donors (Lipinski definition) is 5. The van der Waals surface area contributed by atoms with Crippen LogP contribution >= 0.6 is 0 Å². The maximum Gasteiger partial charge on any atom is 0.305 e. The van der Waals surface area contributed by atoms with Crippen molar-refractivity contribution in [2.75, 3.05) is 38.6 Å². The lowest BCUT2D eigenvalue weighted by molar-refractivity contribution is -0.141. The number of hydrogen-bond acceptors (Lipinski definition) is 8. The van der Waals surface area contributed by atoms with Gasteiger partial charge in [-0.15, -0.1) is 0 Å². The number of carbonyl (C=O) groups is 3. The van der Waals surface area contributed by atoms with Crippen molar-refractivity contribution in [1.29, 1.82) is 0 Å². The SMILES string of the molecule is CC(=O)O.COC(=O)CCC1CCN(C(=O)[C@H](CCCN=C(N)N)NS(=O)(=O)c2cccc3c2NCC(C)C3)CC1. The Morgan fingerprint density at radius 1 is 1.24 bits per heavy atom. The number of aliphatic imine (C=N–C) groups is 1. The first-order valence-electron chi connectivity index (χ1n) is 13.8. The number of guanidine groups is 1. The third-order valence-corrected chi connectivity index (χ3v) is 8.56. The van der Waals surface area contributed by atoms with E-state index in [-0.39, 0.29) is 29.2 Å². The van der Waals surface area contributed by atoms with Crippen molar-refractivity contribution < 1.29 is 32.6 Å². The van der Waals surface area contributed by atoms with E-state index < -0.39 is 22.0 Å². The fourth-order valence-corrected chi connectivity index (χ4v) is 6.42. The molecule has 1 fully saturated rings. The van der Waals surface area contributed by atoms with Crippen molar-refractivity contribution in [1.82, 2.24) is 9.62 Å². The summed E-state index contributed by atoms with van der Waals surface area (Å²) in [5.74, 6) is -0.649. The monoisotopic (exact) mass is 596 g/mol. The zero-order valence-electron chi connectivity index (χ0n) is 24.1. The second kappa shape index (κ2) is 16.2. The maximum atomic E-state index is 13.5. The van der Waals surface area contributed by atoms with Gasteiger partial charge in [-0.05, 0) is 62.0 Å². The summed E-state index contributed by atoms with van der Waals surface area (Å²) in [5.41, 5.74) is 12.4. The number of likely N-dealkylation sites (tertiary alicyclic amines) is 1. The number of nitrogens with zero attached hydrogens (tertiary/aromatic N) is 2. The van der Waals surface area contributed by atoms with Crippen molar-refractivity contribution in [3.05, 3.63) is 23.8 Å². The zero-order valence-corrected chi connectivity index (χ0v) is 24.9. The van der Waals surface area contributed by atoms with Gasteiger partial charge >= 0.3 is 5.97 Å². The average molecular weight is 597 g/mol. The highest BCUT2D eigenvalue weighted by Crippen LogP contribution is 2.31. The lowest BCUT2D eigenvalue weighted by Crippen LogP contribution is -2.50. The van der Waals surface area contributed by atoms with E-state index in [4.69, 9.17) is 26.1 Å². The summed E-state index contributed by atoms with van der Waals surface area (Å²) >= 11 is 0. The number of sulfonamides is 1. The number of nitrogens with two attached hydrogens (primary N) is 2. The van der Waals surface area contributed by atoms with Gasteiger partial charge in [0.2, 0.25) is 15.9 Å². The Hall–Kier alpha value is -3.39. The molecule has 14 heteroatoms. The minimum absolute atomic E-state index is 0.0475. The largest absolute Gasteiger partial charge is 0.481 e. The number of ether oxygens (including phenoxy) is 1. The van der Waals surface area contributed by atoms with Crippen LogP contribution in [0.25, 0.3) is 0 Å². The number of carbonyl (C=O) groups excluding carboxylic acids is 2. The first-order valence-corrected chi connectivity index (χ1v) is 15.3. The Morgan fingerprint density at radius 3 is 2.51 bits per heavy atom. The summed E-state index contributed by atoms with van der Waals surface area (Å²) in [6, 6.07) is 4.29. The van der Waals surface area contributed by atoms with E-state index in [2.05, 4.69) is 22.0 Å². The summed E-state index contributed by atoms with van der Waals surface area (Å²) < 4.78 is 34.4. The van der Waals surface area contributed by atoms with E-state index in [9.17, 15) is 18.0 Å². The first kappa shape index (κ1) is 33.8. The molecule has 0 bridgehead atoms. The molecule has 2 aliphatic heterocycles. The van der Waals surface area contributed by atoms with Crippen LogP contribution < -0.4 is 21.5 Å². The number of rotatable bonds is 11. The van der Waals surface area contributed by atoms with Crippen LogP contribution in [-0.4, -0.2) is 81.6 Å². The van der Waals surface area contributed by atoms with Gasteiger partial charge in [0.25, 0.3) is 5.97 Å². The molecule has 2 heterocycles. The standard InChI is InChI=1S/C25H40N6O5S.C2H4O2/c1-17-15-19-5-3-7-21(23(19)29-16-17)37(34,35)30-20(6-4-12-28-25(26)27)24(33)31-13-10-18(11-14-31)8-9-22(32)36-2;1-2(3)4/h3,5,7,17-18,20,29-30H,4,6,8-16H2,1-2H3,(H4,26,27,28);1H3,(H,3,4)/t17?,20-;/m0./s1. The van der Waals surface area contributed by atoms with Gasteiger partial charge in [-0.2, -0.15) is 4.72 Å². The molecule has 0 radical (unpaired) electrons. The first-order chi connectivity index (χ1) is 19.3. The van der Waals surface area contributed by atoms with Crippen molar-refractivity contribution >= 4 is 39.5 Å². The van der Waals surface area contributed by atoms with E-state index in [0.29, 0.717) is 63.0 Å². The zero-order chi connectivity index (χ0) is 30.6. The van der Waals surface area contributed by atoms with Crippen molar-refractivity contribution in [2.45, 2.75) is 69.7 Å². The molecule has 1 aromatic carbocycles. The summed E-state index contributed by atoms with van der Waals surface area (Å²) in [5, 5.41) is 10.7. The molecule has 1 saturated heterocycles. The van der Waals surface area contributed by atoms with Gasteiger partial charge in [-0.3, -0.25) is 19.4 Å². The number of para-hydroxylation sites is 1. The minimum atomic E-state index is -3.98. The Labute approximate surface area is 242 Å². The Bertz CT molecular complexity index is 1170. The molecule has 1 unspecified atom stereocenters. The van der Waals surface area contributed by atoms with E-state index in [1.165, 1.54) is 7.11 Å². The number of aliphatic carboxylic acids is 1. The molecule has 2 aliphatic rings. The van der Waals surface area contributed by atoms with Gasteiger partial charge in [0.05, 0.1) is 12.8 Å². The molecule has 1 amide bonds. The number of carboxylic acid groups (broad SMARTS) is 1. The number of amides is 1. The number of esters is 1. The van der Waals surface area contributed by atoms with Crippen LogP contribution in [0.2, 0.25) is 0 Å². The lowest BCUT2D eigenvalue weighted by atomic mass is 9.92. The van der Waals surface area contributed by atoms with Crippen LogP contribution in [-0.2, 0) is 35.6 Å². The number of piperidine rings is 1. The highest BCUT2D eigenvalue weighted by molar-refractivity contribution is 7.89. The summed E-state index contributed by atoms with van der Waals surface area (Å²) in [6.07, 6.45) is 4.07. The van der Waals surface area contributed by atoms with Gasteiger partial charge in [0.15, 0.2) is 5.96 Å². The van der Waals surface area contributed by atoms with Gasteiger partial charge in [-0.1, -0.05) is 19.1 Å². The molecule has 0 aliphatic carbocycles. The molecule has 7 N–H and O–H groups in total. The third kappa shape index (κ3) is 11.2. The number of benzene rings is 1. The number of carboxylic acids is 1. The second-order valence-electron chi connectivity index (χ2n) is 10.5. The Morgan fingerprint density at radius 2 is 1.90 bits per heavy atom. The molecular formula is C27H44N6O7S. The predicted octanol–water partition coefficient (Wildman–Crippen LogP) is 1.27. The van der Waals surface area contributed by atoms with Crippen LogP contribution in [0.1, 0.15) is 57.9 Å². The predicted molar refractivity (Wildman–Crippen MR) is 156 cm³/mol. The summed E-state index contributed by atoms with van der Waals surface area (Å²) in [4.78, 5) is 39.8. The lowest BCUT2D eigenvalue weighted by Gasteiger charge is -2.34. The smallest absolute Gasteiger partial charge is 0.305 e. The van der Waals surface area contributed by atoms with Gasteiger partial charge < -0.3 is 31.5 Å². The minimum Gasteiger partial charge on any atom is -0.481 e. The molecule has 13 nitrogen and oxygen atoms in total. The Kier molecular flexibility index (Phi) is 13.3. The van der Waals surface area contributed by atoms with E-state index in [1.807, 2.05) is 6.07 Å². The fourth-order valence-electron chi connectivity index (χ4n) is 4.97. The highest BCUT2D eigenvalue weighted by Gasteiger charge is 2.33. The van der Waals surface area contributed by atoms with E-state index in [0.717, 1.165) is 31.7 Å². The highest BCUT2D eigenvalue weighted by atomic mass is 32.2. The molecule has 1 aromatic rings. The molecular weight excluding hydrogens is 552 g/mol. The molecule has 230 valence electrons. The van der Waals surface area contributed by atoms with Crippen LogP contribution in [0.15, 0.2) is 28.1 Å². The molecule has 0 saturated carbocycles. The van der Waals surface area contributed by atoms with Crippen LogP contribution in [0.3, 0.4) is 0 Å². The number of anilines is 1. The van der Waals surface area contributed by atoms with Gasteiger partial charge in [-0.25, -0.2) is 8.42 Å². The Balaban J connectivity index is 0.00000138. The topological polar surface area (TPSA) is 207 Å². The van der Waals surface area contributed by atoms with E-state index >= 15 is 0 Å². The molecule has 2 atom stereocenters. The summed E-state index contributed by atoms with van der Waals surface area (Å²) in [6.45, 7) is 5.20. The number of fused-ring (bicyclic) bond motifs is 1. The molecule has 41 heavy (non-hydrogen) atoms. The quantitative estimate of drug-likeness (QED) is 0.107. The average Bonchev–Trinajstić information content (AvgIpc) is 2.92. The third-order valence-electron chi connectivity index (χ3n) is 7.05. The van der Waals surface area contributed by atoms with Crippen LogP contribution in [0.4, 0.5) is 5.69 Å². The fraction of sp³-hybridized carbons (Fsp3) is 0.630. The van der Waals surface area contributed by atoms with Crippen LogP contribution in [0.5, 0.6) is 0 Å². The summed E-state index contributed by atoms with van der Waals surface area (Å²) in [7, 11) is -2.61. The maximum absolute atomic E-state index is 13.5. The second-order valence-corrected chi connectivity index (χ2v) is 12.2. The van der Waals surface area contributed by atoms with Gasteiger partial charge in [0, 0.05) is 39.5 Å². The number of nitrogens with one attached hydrogen (secondary N) is 2. The molecule has 3 rings (SSSR count).